The number of aliphatic hydroxyl groups excluding tert-OH is 1. The lowest BCUT2D eigenvalue weighted by Gasteiger charge is -2.21. The summed E-state index contributed by atoms with van der Waals surface area (Å²) in [6.45, 7) is 2.84. The van der Waals surface area contributed by atoms with E-state index in [9.17, 15) is 5.11 Å². The van der Waals surface area contributed by atoms with Crippen molar-refractivity contribution < 1.29 is 5.11 Å². The zero-order valence-corrected chi connectivity index (χ0v) is 9.35. The third-order valence-corrected chi connectivity index (χ3v) is 2.86. The minimum atomic E-state index is -0.449. The zero-order chi connectivity index (χ0) is 10.8. The number of rotatable bonds is 4. The van der Waals surface area contributed by atoms with Crippen molar-refractivity contribution in [3.63, 3.8) is 0 Å². The summed E-state index contributed by atoms with van der Waals surface area (Å²) in [7, 11) is 2.05. The summed E-state index contributed by atoms with van der Waals surface area (Å²) in [5.74, 6) is 1.75. The number of hydrogen-bond donors (Lipinski definition) is 1. The van der Waals surface area contributed by atoms with Gasteiger partial charge in [-0.25, -0.2) is 4.98 Å². The van der Waals surface area contributed by atoms with Crippen LogP contribution in [0.2, 0.25) is 0 Å². The number of aliphatic hydroxyl groups is 1. The van der Waals surface area contributed by atoms with Crippen LogP contribution in [0.3, 0.4) is 0 Å². The highest BCUT2D eigenvalue weighted by molar-refractivity contribution is 5.47. The lowest BCUT2D eigenvalue weighted by Crippen LogP contribution is -2.22. The van der Waals surface area contributed by atoms with Crippen molar-refractivity contribution >= 4 is 5.82 Å². The Bertz CT molecular complexity index is 334. The van der Waals surface area contributed by atoms with E-state index in [0.29, 0.717) is 0 Å². The van der Waals surface area contributed by atoms with Crippen LogP contribution >= 0.6 is 0 Å². The van der Waals surface area contributed by atoms with Crippen molar-refractivity contribution in [1.82, 2.24) is 4.98 Å². The molecule has 0 bridgehead atoms. The van der Waals surface area contributed by atoms with E-state index in [1.807, 2.05) is 19.2 Å². The van der Waals surface area contributed by atoms with Crippen LogP contribution in [-0.4, -0.2) is 23.7 Å². The number of anilines is 1. The molecule has 1 aliphatic rings. The van der Waals surface area contributed by atoms with Gasteiger partial charge in [0.15, 0.2) is 0 Å². The van der Waals surface area contributed by atoms with Gasteiger partial charge < -0.3 is 10.0 Å². The zero-order valence-electron chi connectivity index (χ0n) is 9.35. The Hall–Kier alpha value is -1.09. The summed E-state index contributed by atoms with van der Waals surface area (Å²) in [5, 5.41) is 9.64. The lowest BCUT2D eigenvalue weighted by atomic mass is 10.1. The fourth-order valence-corrected chi connectivity index (χ4v) is 1.83. The predicted molar refractivity (Wildman–Crippen MR) is 60.9 cm³/mol. The molecular formula is C12H18N2O. The summed E-state index contributed by atoms with van der Waals surface area (Å²) in [5.41, 5.74) is 0.917. The maximum atomic E-state index is 9.64. The molecule has 1 fully saturated rings. The Morgan fingerprint density at radius 1 is 1.60 bits per heavy atom. The van der Waals surface area contributed by atoms with Gasteiger partial charge in [0.05, 0.1) is 6.10 Å². The fourth-order valence-electron chi connectivity index (χ4n) is 1.83. The summed E-state index contributed by atoms with van der Waals surface area (Å²) >= 11 is 0. The quantitative estimate of drug-likeness (QED) is 0.818. The van der Waals surface area contributed by atoms with Crippen LogP contribution in [0.5, 0.6) is 0 Å². The van der Waals surface area contributed by atoms with Crippen LogP contribution in [0.15, 0.2) is 18.3 Å². The number of pyridine rings is 1. The molecule has 3 nitrogen and oxygen atoms in total. The molecule has 2 rings (SSSR count). The molecule has 0 saturated heterocycles. The normalized spacial score (nSPS) is 17.5. The van der Waals surface area contributed by atoms with Gasteiger partial charge in [0.2, 0.25) is 0 Å². The topological polar surface area (TPSA) is 36.4 Å². The first kappa shape index (κ1) is 10.4. The molecule has 0 aromatic carbocycles. The van der Waals surface area contributed by atoms with Gasteiger partial charge >= 0.3 is 0 Å². The molecule has 1 aliphatic carbocycles. The van der Waals surface area contributed by atoms with Crippen molar-refractivity contribution in [3.8, 4) is 0 Å². The van der Waals surface area contributed by atoms with Crippen molar-refractivity contribution in [2.24, 2.45) is 5.92 Å². The van der Waals surface area contributed by atoms with Gasteiger partial charge in [-0.2, -0.15) is 0 Å². The fraction of sp³-hybridized carbons (Fsp3) is 0.583. The second kappa shape index (κ2) is 4.19. The van der Waals surface area contributed by atoms with Crippen LogP contribution in [-0.2, 0) is 0 Å². The lowest BCUT2D eigenvalue weighted by molar-refractivity contribution is 0.199. The molecule has 0 radical (unpaired) electrons. The predicted octanol–water partition coefficient (Wildman–Crippen LogP) is 1.98. The first-order chi connectivity index (χ1) is 7.18. The molecule has 1 saturated carbocycles. The van der Waals surface area contributed by atoms with Crippen molar-refractivity contribution in [3.05, 3.63) is 23.9 Å². The van der Waals surface area contributed by atoms with E-state index in [1.54, 1.807) is 13.1 Å². The van der Waals surface area contributed by atoms with Gasteiger partial charge in [-0.05, 0) is 31.7 Å². The van der Waals surface area contributed by atoms with Crippen LogP contribution in [0.4, 0.5) is 5.82 Å². The Morgan fingerprint density at radius 2 is 2.33 bits per heavy atom. The number of aromatic nitrogens is 1. The Morgan fingerprint density at radius 3 is 2.93 bits per heavy atom. The Kier molecular flexibility index (Phi) is 2.91. The molecular weight excluding hydrogens is 188 g/mol. The van der Waals surface area contributed by atoms with Crippen LogP contribution in [0.1, 0.15) is 31.4 Å². The highest BCUT2D eigenvalue weighted by atomic mass is 16.3. The molecule has 1 atom stereocenters. The number of nitrogens with zero attached hydrogens (tertiary/aromatic N) is 2. The van der Waals surface area contributed by atoms with Gasteiger partial charge in [-0.15, -0.1) is 0 Å². The average molecular weight is 206 g/mol. The third kappa shape index (κ3) is 2.48. The van der Waals surface area contributed by atoms with Crippen molar-refractivity contribution in [2.75, 3.05) is 18.5 Å². The van der Waals surface area contributed by atoms with E-state index in [4.69, 9.17) is 0 Å². The van der Waals surface area contributed by atoms with Crippen LogP contribution < -0.4 is 4.90 Å². The second-order valence-electron chi connectivity index (χ2n) is 4.42. The molecule has 15 heavy (non-hydrogen) atoms. The summed E-state index contributed by atoms with van der Waals surface area (Å²) in [4.78, 5) is 6.50. The molecule has 1 aromatic rings. The molecule has 1 aromatic heterocycles. The smallest absolute Gasteiger partial charge is 0.134 e. The largest absolute Gasteiger partial charge is 0.389 e. The Balaban J connectivity index is 2.16. The van der Waals surface area contributed by atoms with Gasteiger partial charge in [0, 0.05) is 25.4 Å². The summed E-state index contributed by atoms with van der Waals surface area (Å²) in [6.07, 6.45) is 4.00. The van der Waals surface area contributed by atoms with E-state index in [1.165, 1.54) is 12.8 Å². The van der Waals surface area contributed by atoms with Crippen molar-refractivity contribution in [2.45, 2.75) is 25.9 Å². The van der Waals surface area contributed by atoms with Crippen LogP contribution in [0, 0.1) is 5.92 Å². The minimum absolute atomic E-state index is 0.449. The van der Waals surface area contributed by atoms with E-state index in [0.717, 1.165) is 23.8 Å². The van der Waals surface area contributed by atoms with Gasteiger partial charge in [0.25, 0.3) is 0 Å². The maximum Gasteiger partial charge on any atom is 0.134 e. The number of hydrogen-bond acceptors (Lipinski definition) is 3. The Labute approximate surface area is 90.8 Å². The highest BCUT2D eigenvalue weighted by Crippen LogP contribution is 2.32. The van der Waals surface area contributed by atoms with E-state index in [-0.39, 0.29) is 0 Å². The summed E-state index contributed by atoms with van der Waals surface area (Å²) in [6, 6.07) is 3.81. The van der Waals surface area contributed by atoms with Gasteiger partial charge in [-0.3, -0.25) is 0 Å². The molecule has 82 valence electrons. The summed E-state index contributed by atoms with van der Waals surface area (Å²) < 4.78 is 0. The molecule has 0 spiro atoms. The van der Waals surface area contributed by atoms with E-state index < -0.39 is 6.10 Å². The van der Waals surface area contributed by atoms with Gasteiger partial charge in [-0.1, -0.05) is 6.07 Å². The second-order valence-corrected chi connectivity index (χ2v) is 4.42. The molecule has 3 heteroatoms. The van der Waals surface area contributed by atoms with E-state index >= 15 is 0 Å². The molecule has 1 unspecified atom stereocenters. The molecule has 1 N–H and O–H groups in total. The van der Waals surface area contributed by atoms with Crippen molar-refractivity contribution in [1.29, 1.82) is 0 Å². The third-order valence-electron chi connectivity index (χ3n) is 2.86. The van der Waals surface area contributed by atoms with Gasteiger partial charge in [0.1, 0.15) is 5.82 Å². The first-order valence-corrected chi connectivity index (χ1v) is 5.52. The maximum absolute atomic E-state index is 9.64. The first-order valence-electron chi connectivity index (χ1n) is 5.52. The molecule has 0 aliphatic heterocycles. The molecule has 0 amide bonds. The molecule has 1 heterocycles. The standard InChI is InChI=1S/C12H18N2O/c1-9(15)11-4-3-7-13-12(11)14(2)8-10-5-6-10/h3-4,7,9-10,15H,5-6,8H2,1-2H3. The minimum Gasteiger partial charge on any atom is -0.389 e. The average Bonchev–Trinajstić information content (AvgIpc) is 3.01. The van der Waals surface area contributed by atoms with E-state index in [2.05, 4.69) is 9.88 Å². The van der Waals surface area contributed by atoms with Crippen LogP contribution in [0.25, 0.3) is 0 Å². The monoisotopic (exact) mass is 206 g/mol. The SMILES string of the molecule is CC(O)c1cccnc1N(C)CC1CC1. The highest BCUT2D eigenvalue weighted by Gasteiger charge is 2.24.